The van der Waals surface area contributed by atoms with E-state index in [9.17, 15) is 9.59 Å². The molecule has 0 aliphatic rings. The molecule has 0 saturated carbocycles. The van der Waals surface area contributed by atoms with Crippen molar-refractivity contribution in [2.24, 2.45) is 0 Å². The van der Waals surface area contributed by atoms with E-state index in [1.165, 1.54) is 25.4 Å². The van der Waals surface area contributed by atoms with Gasteiger partial charge in [-0.1, -0.05) is 0 Å². The van der Waals surface area contributed by atoms with Gasteiger partial charge < -0.3 is 20.3 Å². The summed E-state index contributed by atoms with van der Waals surface area (Å²) in [6.07, 6.45) is 1.66. The minimum atomic E-state index is -1.22. The van der Waals surface area contributed by atoms with E-state index >= 15 is 0 Å². The molecule has 7 nitrogen and oxygen atoms in total. The minimum Gasteiger partial charge on any atom is -0.478 e. The normalized spacial score (nSPS) is 11.9. The highest BCUT2D eigenvalue weighted by molar-refractivity contribution is 6.03. The molecule has 0 saturated heterocycles. The van der Waals surface area contributed by atoms with Crippen LogP contribution in [0.1, 0.15) is 27.3 Å². The standard InChI is InChI=1S/C12H16N2O5/c1-19-7-8(4-6-15)14-11(16)10-9(12(17)18)3-2-5-13-10/h2-3,5,8,15H,4,6-7H2,1H3,(H,14,16)(H,17,18). The number of carbonyl (C=O) groups is 2. The molecule has 0 aromatic carbocycles. The monoisotopic (exact) mass is 268 g/mol. The van der Waals surface area contributed by atoms with E-state index in [1.54, 1.807) is 0 Å². The van der Waals surface area contributed by atoms with E-state index in [4.69, 9.17) is 14.9 Å². The fraction of sp³-hybridized carbons (Fsp3) is 0.417. The van der Waals surface area contributed by atoms with Crippen LogP contribution in [0.3, 0.4) is 0 Å². The van der Waals surface area contributed by atoms with Crippen LogP contribution >= 0.6 is 0 Å². The first kappa shape index (κ1) is 15.1. The first-order valence-corrected chi connectivity index (χ1v) is 5.69. The highest BCUT2D eigenvalue weighted by atomic mass is 16.5. The van der Waals surface area contributed by atoms with Crippen LogP contribution in [0.15, 0.2) is 18.3 Å². The van der Waals surface area contributed by atoms with Crippen molar-refractivity contribution < 1.29 is 24.5 Å². The Balaban J connectivity index is 2.85. The molecule has 1 aromatic heterocycles. The number of hydrogen-bond donors (Lipinski definition) is 3. The van der Waals surface area contributed by atoms with E-state index in [0.717, 1.165) is 0 Å². The minimum absolute atomic E-state index is 0.109. The van der Waals surface area contributed by atoms with Gasteiger partial charge in [-0.05, 0) is 18.6 Å². The van der Waals surface area contributed by atoms with Gasteiger partial charge in [-0.25, -0.2) is 4.79 Å². The van der Waals surface area contributed by atoms with Gasteiger partial charge in [0.1, 0.15) is 5.69 Å². The van der Waals surface area contributed by atoms with E-state index < -0.39 is 17.9 Å². The highest BCUT2D eigenvalue weighted by Gasteiger charge is 2.20. The number of carboxylic acids is 1. The predicted octanol–water partition coefficient (Wildman–Crippen LogP) is -0.0930. The number of nitrogens with one attached hydrogen (secondary N) is 1. The van der Waals surface area contributed by atoms with E-state index in [0.29, 0.717) is 6.42 Å². The number of ether oxygens (including phenoxy) is 1. The number of hydrogen-bond acceptors (Lipinski definition) is 5. The number of aliphatic hydroxyl groups is 1. The number of rotatable bonds is 7. The maximum atomic E-state index is 12.0. The zero-order chi connectivity index (χ0) is 14.3. The van der Waals surface area contributed by atoms with Gasteiger partial charge in [0.05, 0.1) is 18.2 Å². The molecule has 3 N–H and O–H groups in total. The van der Waals surface area contributed by atoms with Gasteiger partial charge in [-0.3, -0.25) is 9.78 Å². The molecule has 1 unspecified atom stereocenters. The molecular formula is C12H16N2O5. The average molecular weight is 268 g/mol. The van der Waals surface area contributed by atoms with Crippen LogP contribution in [0, 0.1) is 0 Å². The molecule has 7 heteroatoms. The Bertz CT molecular complexity index is 444. The lowest BCUT2D eigenvalue weighted by Crippen LogP contribution is -2.39. The summed E-state index contributed by atoms with van der Waals surface area (Å²) in [6, 6.07) is 2.36. The molecule has 1 atom stereocenters. The van der Waals surface area contributed by atoms with Crippen molar-refractivity contribution in [3.8, 4) is 0 Å². The van der Waals surface area contributed by atoms with Crippen molar-refractivity contribution in [3.05, 3.63) is 29.6 Å². The first-order valence-electron chi connectivity index (χ1n) is 5.69. The fourth-order valence-electron chi connectivity index (χ4n) is 1.57. The molecule has 0 aliphatic heterocycles. The third kappa shape index (κ3) is 4.31. The summed E-state index contributed by atoms with van der Waals surface area (Å²) in [5.41, 5.74) is -0.325. The summed E-state index contributed by atoms with van der Waals surface area (Å²) in [5, 5.41) is 20.4. The maximum Gasteiger partial charge on any atom is 0.338 e. The topological polar surface area (TPSA) is 109 Å². The fourth-order valence-corrected chi connectivity index (χ4v) is 1.57. The number of aliphatic hydroxyl groups excluding tert-OH is 1. The molecular weight excluding hydrogens is 252 g/mol. The number of carbonyl (C=O) groups excluding carboxylic acids is 1. The van der Waals surface area contributed by atoms with Crippen molar-refractivity contribution in [2.75, 3.05) is 20.3 Å². The molecule has 1 heterocycles. The molecule has 0 aliphatic carbocycles. The molecule has 0 fully saturated rings. The van der Waals surface area contributed by atoms with Crippen LogP contribution in [0.5, 0.6) is 0 Å². The van der Waals surface area contributed by atoms with Gasteiger partial charge in [0.2, 0.25) is 0 Å². The number of amides is 1. The molecule has 0 spiro atoms. The van der Waals surface area contributed by atoms with Gasteiger partial charge in [-0.15, -0.1) is 0 Å². The first-order chi connectivity index (χ1) is 9.10. The number of pyridine rings is 1. The third-order valence-corrected chi connectivity index (χ3v) is 2.43. The molecule has 1 rings (SSSR count). The van der Waals surface area contributed by atoms with Crippen LogP contribution < -0.4 is 5.32 Å². The summed E-state index contributed by atoms with van der Waals surface area (Å²) < 4.78 is 4.91. The Morgan fingerprint density at radius 2 is 2.26 bits per heavy atom. The van der Waals surface area contributed by atoms with Crippen LogP contribution in [-0.4, -0.2) is 53.4 Å². The Morgan fingerprint density at radius 1 is 1.53 bits per heavy atom. The summed E-state index contributed by atoms with van der Waals surface area (Å²) in [6.45, 7) is 0.115. The molecule has 0 radical (unpaired) electrons. The second kappa shape index (κ2) is 7.45. The third-order valence-electron chi connectivity index (χ3n) is 2.43. The lowest BCUT2D eigenvalue weighted by molar-refractivity contribution is 0.0687. The molecule has 104 valence electrons. The van der Waals surface area contributed by atoms with Crippen molar-refractivity contribution in [2.45, 2.75) is 12.5 Å². The van der Waals surface area contributed by atoms with Gasteiger partial charge in [0.15, 0.2) is 0 Å². The Kier molecular flexibility index (Phi) is 5.91. The van der Waals surface area contributed by atoms with E-state index in [1.807, 2.05) is 0 Å². The summed E-state index contributed by atoms with van der Waals surface area (Å²) >= 11 is 0. The Morgan fingerprint density at radius 3 is 2.84 bits per heavy atom. The van der Waals surface area contributed by atoms with Crippen molar-refractivity contribution in [1.29, 1.82) is 0 Å². The van der Waals surface area contributed by atoms with Crippen molar-refractivity contribution in [1.82, 2.24) is 10.3 Å². The summed E-state index contributed by atoms with van der Waals surface area (Å²) in [7, 11) is 1.47. The van der Waals surface area contributed by atoms with E-state index in [-0.39, 0.29) is 24.5 Å². The zero-order valence-electron chi connectivity index (χ0n) is 10.5. The van der Waals surface area contributed by atoms with Crippen LogP contribution in [0.25, 0.3) is 0 Å². The van der Waals surface area contributed by atoms with Gasteiger partial charge in [0.25, 0.3) is 5.91 Å². The molecule has 19 heavy (non-hydrogen) atoms. The number of aromatic carboxylic acids is 1. The summed E-state index contributed by atoms with van der Waals surface area (Å²) in [4.78, 5) is 26.7. The Hall–Kier alpha value is -1.99. The lowest BCUT2D eigenvalue weighted by Gasteiger charge is -2.16. The number of aromatic nitrogens is 1. The SMILES string of the molecule is COCC(CCO)NC(=O)c1ncccc1C(=O)O. The molecule has 1 amide bonds. The molecule has 1 aromatic rings. The quantitative estimate of drug-likeness (QED) is 0.637. The largest absolute Gasteiger partial charge is 0.478 e. The zero-order valence-corrected chi connectivity index (χ0v) is 10.5. The Labute approximate surface area is 110 Å². The van der Waals surface area contributed by atoms with Gasteiger partial charge >= 0.3 is 5.97 Å². The maximum absolute atomic E-state index is 12.0. The van der Waals surface area contributed by atoms with Gasteiger partial charge in [-0.2, -0.15) is 0 Å². The average Bonchev–Trinajstić information content (AvgIpc) is 2.39. The smallest absolute Gasteiger partial charge is 0.338 e. The van der Waals surface area contributed by atoms with Crippen LogP contribution in [-0.2, 0) is 4.74 Å². The van der Waals surface area contributed by atoms with Crippen LogP contribution in [0.2, 0.25) is 0 Å². The van der Waals surface area contributed by atoms with Crippen molar-refractivity contribution >= 4 is 11.9 Å². The van der Waals surface area contributed by atoms with E-state index in [2.05, 4.69) is 10.3 Å². The van der Waals surface area contributed by atoms with Crippen molar-refractivity contribution in [3.63, 3.8) is 0 Å². The predicted molar refractivity (Wildman–Crippen MR) is 66.0 cm³/mol. The lowest BCUT2D eigenvalue weighted by atomic mass is 10.1. The second-order valence-corrected chi connectivity index (χ2v) is 3.84. The second-order valence-electron chi connectivity index (χ2n) is 3.84. The number of carboxylic acid groups (broad SMARTS) is 1. The van der Waals surface area contributed by atoms with Gasteiger partial charge in [0, 0.05) is 19.9 Å². The number of nitrogens with zero attached hydrogens (tertiary/aromatic N) is 1. The highest BCUT2D eigenvalue weighted by Crippen LogP contribution is 2.06. The van der Waals surface area contributed by atoms with Crippen LogP contribution in [0.4, 0.5) is 0 Å². The number of methoxy groups -OCH3 is 1. The summed E-state index contributed by atoms with van der Waals surface area (Å²) in [5.74, 6) is -1.82. The molecule has 0 bridgehead atoms.